The summed E-state index contributed by atoms with van der Waals surface area (Å²) in [6.45, 7) is 2.00. The van der Waals surface area contributed by atoms with E-state index >= 15 is 0 Å². The van der Waals surface area contributed by atoms with E-state index in [-0.39, 0.29) is 11.7 Å². The summed E-state index contributed by atoms with van der Waals surface area (Å²) >= 11 is 0. The minimum absolute atomic E-state index is 0.166. The van der Waals surface area contributed by atoms with Gasteiger partial charge in [0.2, 0.25) is 0 Å². The van der Waals surface area contributed by atoms with Crippen molar-refractivity contribution in [3.8, 4) is 17.0 Å². The molecule has 2 atom stereocenters. The van der Waals surface area contributed by atoms with Crippen LogP contribution in [0.15, 0.2) is 22.7 Å². The molecular formula is C16H15NO4. The standard InChI is InChI=1S/C16H15NO4/c1-8-6-11-13-14(17-21-11)12-9(4-3-5-10(12)20-2)15(18)16(13,19)7-8/h3-5,8,19H,6-7H2,1-2H3/t8-,16+/m1/s1. The SMILES string of the molecule is COc1cccc2c1-c1noc3c1[C@@](O)(C[C@H](C)C3)C2=O. The van der Waals surface area contributed by atoms with E-state index in [9.17, 15) is 9.90 Å². The average Bonchev–Trinajstić information content (AvgIpc) is 2.88. The lowest BCUT2D eigenvalue weighted by atomic mass is 9.68. The number of carbonyl (C=O) groups excluding carboxylic acids is 1. The number of fused-ring (bicyclic) bond motifs is 2. The second kappa shape index (κ2) is 3.95. The van der Waals surface area contributed by atoms with Crippen molar-refractivity contribution in [1.82, 2.24) is 5.16 Å². The van der Waals surface area contributed by atoms with Gasteiger partial charge in [-0.25, -0.2) is 0 Å². The van der Waals surface area contributed by atoms with Crippen LogP contribution in [0.25, 0.3) is 11.3 Å². The fourth-order valence-electron chi connectivity index (χ4n) is 3.62. The monoisotopic (exact) mass is 285 g/mol. The minimum atomic E-state index is -1.53. The zero-order valence-electron chi connectivity index (χ0n) is 11.8. The number of nitrogens with zero attached hydrogens (tertiary/aromatic N) is 1. The Kier molecular flexibility index (Phi) is 2.37. The summed E-state index contributed by atoms with van der Waals surface area (Å²) < 4.78 is 10.8. The van der Waals surface area contributed by atoms with Crippen LogP contribution in [0.4, 0.5) is 0 Å². The number of methoxy groups -OCH3 is 1. The number of hydrogen-bond acceptors (Lipinski definition) is 5. The van der Waals surface area contributed by atoms with Crippen LogP contribution in [0, 0.1) is 5.92 Å². The molecule has 0 unspecified atom stereocenters. The van der Waals surface area contributed by atoms with Gasteiger partial charge in [-0.3, -0.25) is 4.79 Å². The molecule has 5 heteroatoms. The molecule has 0 saturated carbocycles. The quantitative estimate of drug-likeness (QED) is 0.870. The van der Waals surface area contributed by atoms with Crippen molar-refractivity contribution in [2.45, 2.75) is 25.4 Å². The minimum Gasteiger partial charge on any atom is -0.496 e. The largest absolute Gasteiger partial charge is 0.496 e. The number of ether oxygens (including phenoxy) is 1. The Labute approximate surface area is 121 Å². The smallest absolute Gasteiger partial charge is 0.199 e. The van der Waals surface area contributed by atoms with Crippen LogP contribution < -0.4 is 4.74 Å². The molecule has 0 radical (unpaired) electrons. The average molecular weight is 285 g/mol. The highest BCUT2D eigenvalue weighted by Gasteiger charge is 2.52. The molecule has 0 spiro atoms. The van der Waals surface area contributed by atoms with E-state index < -0.39 is 5.60 Å². The zero-order valence-corrected chi connectivity index (χ0v) is 11.8. The molecular weight excluding hydrogens is 270 g/mol. The first-order chi connectivity index (χ1) is 10.1. The van der Waals surface area contributed by atoms with Crippen LogP contribution >= 0.6 is 0 Å². The molecule has 0 bridgehead atoms. The predicted octanol–water partition coefficient (Wildman–Crippen LogP) is 2.32. The first-order valence-electron chi connectivity index (χ1n) is 7.00. The highest BCUT2D eigenvalue weighted by atomic mass is 16.5. The van der Waals surface area contributed by atoms with Gasteiger partial charge in [-0.2, -0.15) is 0 Å². The Bertz CT molecular complexity index is 764. The van der Waals surface area contributed by atoms with Crippen LogP contribution in [-0.4, -0.2) is 23.2 Å². The van der Waals surface area contributed by atoms with Crippen molar-refractivity contribution in [3.63, 3.8) is 0 Å². The van der Waals surface area contributed by atoms with Crippen molar-refractivity contribution >= 4 is 5.78 Å². The van der Waals surface area contributed by atoms with Gasteiger partial charge in [-0.05, 0) is 18.4 Å². The molecule has 1 aromatic carbocycles. The van der Waals surface area contributed by atoms with Gasteiger partial charge in [0.25, 0.3) is 0 Å². The van der Waals surface area contributed by atoms with Gasteiger partial charge in [0.05, 0.1) is 18.2 Å². The zero-order chi connectivity index (χ0) is 14.8. The molecule has 1 aromatic heterocycles. The van der Waals surface area contributed by atoms with E-state index in [2.05, 4.69) is 5.16 Å². The molecule has 2 aromatic rings. The molecule has 4 rings (SSSR count). The molecule has 5 nitrogen and oxygen atoms in total. The first kappa shape index (κ1) is 12.6. The van der Waals surface area contributed by atoms with E-state index in [4.69, 9.17) is 9.26 Å². The van der Waals surface area contributed by atoms with Crippen LogP contribution in [0.1, 0.15) is 35.0 Å². The topological polar surface area (TPSA) is 72.6 Å². The summed E-state index contributed by atoms with van der Waals surface area (Å²) in [7, 11) is 1.55. The number of rotatable bonds is 1. The fourth-order valence-corrected chi connectivity index (χ4v) is 3.62. The second-order valence-corrected chi connectivity index (χ2v) is 5.92. The van der Waals surface area contributed by atoms with Crippen LogP contribution in [0.2, 0.25) is 0 Å². The number of ketones is 1. The Hall–Kier alpha value is -2.14. The maximum atomic E-state index is 12.9. The van der Waals surface area contributed by atoms with Gasteiger partial charge < -0.3 is 14.4 Å². The molecule has 0 fully saturated rings. The Morgan fingerprint density at radius 3 is 3.05 bits per heavy atom. The van der Waals surface area contributed by atoms with E-state index in [1.165, 1.54) is 0 Å². The highest BCUT2D eigenvalue weighted by Crippen LogP contribution is 2.51. The summed E-state index contributed by atoms with van der Waals surface area (Å²) in [5, 5.41) is 15.1. The molecule has 0 saturated heterocycles. The maximum Gasteiger partial charge on any atom is 0.199 e. The number of Topliss-reactive ketones (excluding diaryl/α,β-unsaturated/α-hetero) is 1. The van der Waals surface area contributed by atoms with Crippen LogP contribution in [0.3, 0.4) is 0 Å². The van der Waals surface area contributed by atoms with Gasteiger partial charge in [0, 0.05) is 12.0 Å². The first-order valence-corrected chi connectivity index (χ1v) is 7.00. The van der Waals surface area contributed by atoms with Gasteiger partial charge >= 0.3 is 0 Å². The number of aromatic nitrogens is 1. The Morgan fingerprint density at radius 1 is 1.48 bits per heavy atom. The molecule has 0 amide bonds. The van der Waals surface area contributed by atoms with Crippen LogP contribution in [-0.2, 0) is 12.0 Å². The van der Waals surface area contributed by atoms with Gasteiger partial charge in [0.15, 0.2) is 11.4 Å². The lowest BCUT2D eigenvalue weighted by molar-refractivity contribution is 0.00954. The van der Waals surface area contributed by atoms with Crippen molar-refractivity contribution in [3.05, 3.63) is 35.1 Å². The number of benzene rings is 1. The summed E-state index contributed by atoms with van der Waals surface area (Å²) in [6.07, 6.45) is 1.08. The van der Waals surface area contributed by atoms with E-state index in [1.807, 2.05) is 6.92 Å². The molecule has 1 N–H and O–H groups in total. The molecule has 2 aliphatic carbocycles. The van der Waals surface area contributed by atoms with Gasteiger partial charge in [-0.15, -0.1) is 0 Å². The molecule has 2 aliphatic rings. The highest BCUT2D eigenvalue weighted by molar-refractivity contribution is 6.12. The van der Waals surface area contributed by atoms with Crippen molar-refractivity contribution in [1.29, 1.82) is 0 Å². The number of carbonyl (C=O) groups is 1. The summed E-state index contributed by atoms with van der Waals surface area (Å²) in [5.74, 6) is 1.05. The molecule has 21 heavy (non-hydrogen) atoms. The lowest BCUT2D eigenvalue weighted by Crippen LogP contribution is -2.43. The maximum absolute atomic E-state index is 12.9. The second-order valence-electron chi connectivity index (χ2n) is 5.92. The van der Waals surface area contributed by atoms with Gasteiger partial charge in [-0.1, -0.05) is 24.2 Å². The van der Waals surface area contributed by atoms with Crippen molar-refractivity contribution < 1.29 is 19.2 Å². The number of aliphatic hydroxyl groups is 1. The van der Waals surface area contributed by atoms with Crippen LogP contribution in [0.5, 0.6) is 5.75 Å². The Balaban J connectivity index is 2.09. The third kappa shape index (κ3) is 1.44. The lowest BCUT2D eigenvalue weighted by Gasteiger charge is -2.36. The van der Waals surface area contributed by atoms with Gasteiger partial charge in [0.1, 0.15) is 17.2 Å². The molecule has 0 aliphatic heterocycles. The number of hydrogen-bond donors (Lipinski definition) is 1. The molecule has 1 heterocycles. The third-order valence-electron chi connectivity index (χ3n) is 4.46. The normalized spacial score (nSPS) is 26.2. The summed E-state index contributed by atoms with van der Waals surface area (Å²) in [4.78, 5) is 12.9. The predicted molar refractivity (Wildman–Crippen MR) is 74.2 cm³/mol. The van der Waals surface area contributed by atoms with E-state index in [0.717, 1.165) is 0 Å². The summed E-state index contributed by atoms with van der Waals surface area (Å²) in [6, 6.07) is 5.23. The molecule has 108 valence electrons. The van der Waals surface area contributed by atoms with E-state index in [1.54, 1.807) is 25.3 Å². The van der Waals surface area contributed by atoms with E-state index in [0.29, 0.717) is 46.7 Å². The fraction of sp³-hybridized carbons (Fsp3) is 0.375. The van der Waals surface area contributed by atoms with Crippen molar-refractivity contribution in [2.75, 3.05) is 7.11 Å². The van der Waals surface area contributed by atoms with Crippen molar-refractivity contribution in [2.24, 2.45) is 5.92 Å². The third-order valence-corrected chi connectivity index (χ3v) is 4.46. The Morgan fingerprint density at radius 2 is 2.29 bits per heavy atom. The summed E-state index contributed by atoms with van der Waals surface area (Å²) in [5.41, 5.74) is 0.600.